The molecule has 1 fully saturated rings. The van der Waals surface area contributed by atoms with E-state index in [4.69, 9.17) is 0 Å². The SMILES string of the molecule is OC1(c2ccc3c(c2)CNC3)CCNCC1. The molecule has 16 heavy (non-hydrogen) atoms. The van der Waals surface area contributed by atoms with E-state index in [9.17, 15) is 5.11 Å². The first-order valence-corrected chi connectivity index (χ1v) is 6.04. The second kappa shape index (κ2) is 3.84. The summed E-state index contributed by atoms with van der Waals surface area (Å²) in [5.41, 5.74) is 3.21. The Bertz CT molecular complexity index is 397. The van der Waals surface area contributed by atoms with Crippen molar-refractivity contribution in [1.82, 2.24) is 10.6 Å². The summed E-state index contributed by atoms with van der Waals surface area (Å²) >= 11 is 0. The topological polar surface area (TPSA) is 44.3 Å². The third-order valence-corrected chi connectivity index (χ3v) is 3.81. The Kier molecular flexibility index (Phi) is 2.46. The van der Waals surface area contributed by atoms with Crippen LogP contribution < -0.4 is 10.6 Å². The first-order chi connectivity index (χ1) is 7.78. The smallest absolute Gasteiger partial charge is 0.0920 e. The van der Waals surface area contributed by atoms with Gasteiger partial charge < -0.3 is 15.7 Å². The van der Waals surface area contributed by atoms with Crippen LogP contribution in [0.4, 0.5) is 0 Å². The zero-order valence-corrected chi connectivity index (χ0v) is 9.42. The number of nitrogens with one attached hydrogen (secondary N) is 2. The molecule has 3 heteroatoms. The number of aliphatic hydroxyl groups is 1. The second-order valence-corrected chi connectivity index (χ2v) is 4.87. The summed E-state index contributed by atoms with van der Waals surface area (Å²) in [6.45, 7) is 3.73. The van der Waals surface area contributed by atoms with Crippen molar-refractivity contribution in [1.29, 1.82) is 0 Å². The van der Waals surface area contributed by atoms with Crippen LogP contribution in [0.1, 0.15) is 29.5 Å². The summed E-state index contributed by atoms with van der Waals surface area (Å²) in [6, 6.07) is 6.43. The Hall–Kier alpha value is -0.900. The zero-order valence-electron chi connectivity index (χ0n) is 9.42. The first-order valence-electron chi connectivity index (χ1n) is 6.04. The van der Waals surface area contributed by atoms with Gasteiger partial charge in [0, 0.05) is 13.1 Å². The molecular formula is C13H18N2O. The fraction of sp³-hybridized carbons (Fsp3) is 0.538. The maximum atomic E-state index is 10.6. The standard InChI is InChI=1S/C13H18N2O/c16-13(3-5-14-6-4-13)12-2-1-10-8-15-9-11(10)7-12/h1-2,7,14-16H,3-6,8-9H2. The Labute approximate surface area is 95.9 Å². The van der Waals surface area contributed by atoms with Crippen LogP contribution in [0.15, 0.2) is 18.2 Å². The van der Waals surface area contributed by atoms with Gasteiger partial charge >= 0.3 is 0 Å². The highest BCUT2D eigenvalue weighted by Gasteiger charge is 2.31. The van der Waals surface area contributed by atoms with Gasteiger partial charge in [-0.3, -0.25) is 0 Å². The molecule has 3 nitrogen and oxygen atoms in total. The van der Waals surface area contributed by atoms with Gasteiger partial charge in [0.1, 0.15) is 0 Å². The van der Waals surface area contributed by atoms with Crippen LogP contribution >= 0.6 is 0 Å². The van der Waals surface area contributed by atoms with E-state index in [-0.39, 0.29) is 0 Å². The average Bonchev–Trinajstić information content (AvgIpc) is 2.77. The Morgan fingerprint density at radius 1 is 1.00 bits per heavy atom. The molecule has 1 aromatic rings. The van der Waals surface area contributed by atoms with Crippen LogP contribution in [0.25, 0.3) is 0 Å². The average molecular weight is 218 g/mol. The van der Waals surface area contributed by atoms with Crippen molar-refractivity contribution in [3.8, 4) is 0 Å². The van der Waals surface area contributed by atoms with Gasteiger partial charge in [-0.2, -0.15) is 0 Å². The van der Waals surface area contributed by atoms with Crippen molar-refractivity contribution in [2.24, 2.45) is 0 Å². The molecule has 1 saturated heterocycles. The van der Waals surface area contributed by atoms with Gasteiger partial charge in [-0.15, -0.1) is 0 Å². The van der Waals surface area contributed by atoms with Gasteiger partial charge in [0.2, 0.25) is 0 Å². The molecule has 2 aliphatic heterocycles. The predicted molar refractivity (Wildman–Crippen MR) is 63.0 cm³/mol. The first kappa shape index (κ1) is 10.3. The minimum Gasteiger partial charge on any atom is -0.385 e. The molecule has 0 radical (unpaired) electrons. The molecule has 0 bridgehead atoms. The monoisotopic (exact) mass is 218 g/mol. The van der Waals surface area contributed by atoms with Crippen molar-refractivity contribution in [3.05, 3.63) is 34.9 Å². The number of benzene rings is 1. The van der Waals surface area contributed by atoms with E-state index in [2.05, 4.69) is 28.8 Å². The summed E-state index contributed by atoms with van der Waals surface area (Å²) in [7, 11) is 0. The lowest BCUT2D eigenvalue weighted by Gasteiger charge is -2.33. The van der Waals surface area contributed by atoms with Crippen molar-refractivity contribution >= 4 is 0 Å². The van der Waals surface area contributed by atoms with E-state index in [0.717, 1.165) is 44.6 Å². The molecule has 0 aliphatic carbocycles. The number of hydrogen-bond acceptors (Lipinski definition) is 3. The fourth-order valence-corrected chi connectivity index (χ4v) is 2.71. The van der Waals surface area contributed by atoms with Crippen LogP contribution in [0.2, 0.25) is 0 Å². The molecule has 0 saturated carbocycles. The third-order valence-electron chi connectivity index (χ3n) is 3.81. The van der Waals surface area contributed by atoms with E-state index in [1.54, 1.807) is 0 Å². The summed E-state index contributed by atoms with van der Waals surface area (Å²) in [5, 5.41) is 17.2. The molecule has 0 aromatic heterocycles. The molecule has 86 valence electrons. The van der Waals surface area contributed by atoms with E-state index in [1.807, 2.05) is 0 Å². The zero-order chi connectivity index (χ0) is 11.0. The van der Waals surface area contributed by atoms with E-state index in [1.165, 1.54) is 11.1 Å². The van der Waals surface area contributed by atoms with Crippen molar-refractivity contribution in [2.75, 3.05) is 13.1 Å². The van der Waals surface area contributed by atoms with Crippen LogP contribution in [-0.2, 0) is 18.7 Å². The lowest BCUT2D eigenvalue weighted by atomic mass is 9.84. The Morgan fingerprint density at radius 2 is 1.75 bits per heavy atom. The maximum absolute atomic E-state index is 10.6. The Morgan fingerprint density at radius 3 is 2.56 bits per heavy atom. The molecule has 1 aromatic carbocycles. The molecule has 0 spiro atoms. The molecule has 0 amide bonds. The van der Waals surface area contributed by atoms with Crippen molar-refractivity contribution in [3.63, 3.8) is 0 Å². The summed E-state index contributed by atoms with van der Waals surface area (Å²) < 4.78 is 0. The van der Waals surface area contributed by atoms with Crippen LogP contribution in [0.5, 0.6) is 0 Å². The minimum absolute atomic E-state index is 0.608. The molecule has 3 N–H and O–H groups in total. The third kappa shape index (κ3) is 1.65. The quantitative estimate of drug-likeness (QED) is 0.655. The minimum atomic E-state index is -0.608. The predicted octanol–water partition coefficient (Wildman–Crippen LogP) is 0.861. The lowest BCUT2D eigenvalue weighted by molar-refractivity contribution is 0.00588. The second-order valence-electron chi connectivity index (χ2n) is 4.87. The molecule has 2 heterocycles. The van der Waals surface area contributed by atoms with Gasteiger partial charge in [-0.25, -0.2) is 0 Å². The summed E-state index contributed by atoms with van der Waals surface area (Å²) in [6.07, 6.45) is 1.64. The highest BCUT2D eigenvalue weighted by atomic mass is 16.3. The highest BCUT2D eigenvalue weighted by molar-refractivity contribution is 5.37. The van der Waals surface area contributed by atoms with Crippen molar-refractivity contribution in [2.45, 2.75) is 31.5 Å². The fourth-order valence-electron chi connectivity index (χ4n) is 2.71. The van der Waals surface area contributed by atoms with Gasteiger partial charge in [-0.05, 0) is 42.6 Å². The van der Waals surface area contributed by atoms with Crippen molar-refractivity contribution < 1.29 is 5.11 Å². The normalized spacial score (nSPS) is 23.1. The number of piperidine rings is 1. The largest absolute Gasteiger partial charge is 0.385 e. The molecular weight excluding hydrogens is 200 g/mol. The summed E-state index contributed by atoms with van der Waals surface area (Å²) in [4.78, 5) is 0. The van der Waals surface area contributed by atoms with E-state index in [0.29, 0.717) is 0 Å². The molecule has 3 rings (SSSR count). The van der Waals surface area contributed by atoms with Crippen LogP contribution in [0, 0.1) is 0 Å². The van der Waals surface area contributed by atoms with E-state index < -0.39 is 5.60 Å². The molecule has 2 aliphatic rings. The van der Waals surface area contributed by atoms with E-state index >= 15 is 0 Å². The van der Waals surface area contributed by atoms with Crippen LogP contribution in [0.3, 0.4) is 0 Å². The number of rotatable bonds is 1. The van der Waals surface area contributed by atoms with Crippen LogP contribution in [-0.4, -0.2) is 18.2 Å². The Balaban J connectivity index is 1.93. The van der Waals surface area contributed by atoms with Gasteiger partial charge in [0.15, 0.2) is 0 Å². The molecule has 0 atom stereocenters. The van der Waals surface area contributed by atoms with Gasteiger partial charge in [0.05, 0.1) is 5.60 Å². The summed E-state index contributed by atoms with van der Waals surface area (Å²) in [5.74, 6) is 0. The number of hydrogen-bond donors (Lipinski definition) is 3. The lowest BCUT2D eigenvalue weighted by Crippen LogP contribution is -2.39. The maximum Gasteiger partial charge on any atom is 0.0920 e. The molecule has 0 unspecified atom stereocenters. The highest BCUT2D eigenvalue weighted by Crippen LogP contribution is 2.32. The van der Waals surface area contributed by atoms with Gasteiger partial charge in [0.25, 0.3) is 0 Å². The van der Waals surface area contributed by atoms with Gasteiger partial charge in [-0.1, -0.05) is 18.2 Å². The number of fused-ring (bicyclic) bond motifs is 1.